The van der Waals surface area contributed by atoms with Gasteiger partial charge in [-0.25, -0.2) is 4.98 Å². The molecule has 190 valence electrons. The Morgan fingerprint density at radius 3 is 2.40 bits per heavy atom. The number of benzene rings is 4. The predicted molar refractivity (Wildman–Crippen MR) is 164 cm³/mol. The van der Waals surface area contributed by atoms with E-state index >= 15 is 0 Å². The number of pyridine rings is 2. The van der Waals surface area contributed by atoms with Crippen LogP contribution in [0.1, 0.15) is 0 Å². The Morgan fingerprint density at radius 2 is 1.52 bits per heavy atom. The van der Waals surface area contributed by atoms with Crippen LogP contribution in [0.2, 0.25) is 5.02 Å². The lowest BCUT2D eigenvalue weighted by atomic mass is 10.1. The number of nitrogens with one attached hydrogen (secondary N) is 1. The third kappa shape index (κ3) is 3.56. The Hall–Kier alpha value is -5.13. The second kappa shape index (κ2) is 8.97. The van der Waals surface area contributed by atoms with Crippen LogP contribution >= 0.6 is 11.6 Å². The zero-order chi connectivity index (χ0) is 26.6. The lowest BCUT2D eigenvalue weighted by Gasteiger charge is -2.11. The monoisotopic (exact) mass is 536 g/mol. The van der Waals surface area contributed by atoms with Gasteiger partial charge in [0.25, 0.3) is 0 Å². The summed E-state index contributed by atoms with van der Waals surface area (Å²) in [6.07, 6.45) is 3.72. The molecule has 5 nitrogen and oxygen atoms in total. The van der Waals surface area contributed by atoms with Crippen LogP contribution in [0.4, 0.5) is 11.6 Å². The molecule has 0 aliphatic rings. The fourth-order valence-corrected chi connectivity index (χ4v) is 5.74. The first kappa shape index (κ1) is 22.8. The summed E-state index contributed by atoms with van der Waals surface area (Å²) in [6, 6.07) is 36.7. The number of anilines is 2. The van der Waals surface area contributed by atoms with Gasteiger partial charge in [-0.2, -0.15) is 0 Å². The van der Waals surface area contributed by atoms with Crippen molar-refractivity contribution in [2.75, 3.05) is 5.32 Å². The van der Waals surface area contributed by atoms with Gasteiger partial charge >= 0.3 is 0 Å². The van der Waals surface area contributed by atoms with E-state index in [1.54, 1.807) is 0 Å². The van der Waals surface area contributed by atoms with E-state index in [1.165, 1.54) is 0 Å². The lowest BCUT2D eigenvalue weighted by Crippen LogP contribution is -1.98. The van der Waals surface area contributed by atoms with Crippen molar-refractivity contribution in [2.24, 2.45) is 0 Å². The Bertz CT molecular complexity index is 2200. The molecule has 40 heavy (non-hydrogen) atoms. The van der Waals surface area contributed by atoms with E-state index in [2.05, 4.69) is 63.4 Å². The first-order valence-electron chi connectivity index (χ1n) is 13.0. The molecule has 1 N–H and O–H groups in total. The number of aromatic nitrogens is 3. The maximum Gasteiger partial charge on any atom is 0.216 e. The number of nitrogens with zero attached hydrogens (tertiary/aromatic N) is 3. The summed E-state index contributed by atoms with van der Waals surface area (Å²) in [4.78, 5) is 9.49. The van der Waals surface area contributed by atoms with E-state index in [-0.39, 0.29) is 0 Å². The average molecular weight is 537 g/mol. The Morgan fingerprint density at radius 1 is 0.675 bits per heavy atom. The summed E-state index contributed by atoms with van der Waals surface area (Å²) in [5.74, 6) is 1.37. The van der Waals surface area contributed by atoms with Crippen LogP contribution in [0.3, 0.4) is 0 Å². The van der Waals surface area contributed by atoms with Crippen molar-refractivity contribution < 1.29 is 4.42 Å². The van der Waals surface area contributed by atoms with Crippen LogP contribution in [0, 0.1) is 0 Å². The summed E-state index contributed by atoms with van der Waals surface area (Å²) in [5.41, 5.74) is 5.61. The summed E-state index contributed by atoms with van der Waals surface area (Å²) in [6.45, 7) is 0. The first-order valence-corrected chi connectivity index (χ1v) is 13.4. The molecule has 0 fully saturated rings. The zero-order valence-electron chi connectivity index (χ0n) is 21.2. The molecule has 4 aromatic carbocycles. The van der Waals surface area contributed by atoms with Crippen molar-refractivity contribution in [1.82, 2.24) is 14.5 Å². The smallest absolute Gasteiger partial charge is 0.216 e. The highest BCUT2D eigenvalue weighted by Crippen LogP contribution is 2.41. The van der Waals surface area contributed by atoms with Gasteiger partial charge in [0.15, 0.2) is 0 Å². The Kier molecular flexibility index (Phi) is 5.12. The van der Waals surface area contributed by atoms with Gasteiger partial charge in [-0.1, -0.05) is 72.3 Å². The molecule has 0 bridgehead atoms. The third-order valence-electron chi connectivity index (χ3n) is 7.40. The van der Waals surface area contributed by atoms with E-state index in [0.717, 1.165) is 60.6 Å². The molecule has 6 heteroatoms. The third-order valence-corrected chi connectivity index (χ3v) is 7.71. The van der Waals surface area contributed by atoms with Crippen LogP contribution in [-0.4, -0.2) is 14.5 Å². The second-order valence-electron chi connectivity index (χ2n) is 9.74. The Labute approximate surface area is 234 Å². The summed E-state index contributed by atoms with van der Waals surface area (Å²) in [5, 5.41) is 9.29. The minimum absolute atomic E-state index is 0.603. The van der Waals surface area contributed by atoms with E-state index in [1.807, 2.05) is 73.1 Å². The standard InChI is InChI=1S/C34H21ClN4O/c35-28-15-12-22-9-4-5-10-24(22)32(28)38-31-19-27-25-14-16-29-26(11-6-18-36-29)33(25)39(34(27)40-31)30-17-13-23(20-37-30)21-7-2-1-3-8-21/h1-20,38H. The SMILES string of the molecule is Clc1ccc2ccccc2c1Nc1cc2c3ccc4ncccc4c3n(-c3ccc(-c4ccccc4)cn3)c2o1. The highest BCUT2D eigenvalue weighted by atomic mass is 35.5. The van der Waals surface area contributed by atoms with Crippen molar-refractivity contribution in [3.8, 4) is 16.9 Å². The normalized spacial score (nSPS) is 11.6. The highest BCUT2D eigenvalue weighted by molar-refractivity contribution is 6.35. The molecule has 0 atom stereocenters. The van der Waals surface area contributed by atoms with E-state index in [0.29, 0.717) is 16.6 Å². The number of rotatable bonds is 4. The van der Waals surface area contributed by atoms with Gasteiger partial charge in [-0.05, 0) is 53.4 Å². The molecule has 0 spiro atoms. The van der Waals surface area contributed by atoms with Crippen LogP contribution in [-0.2, 0) is 0 Å². The zero-order valence-corrected chi connectivity index (χ0v) is 21.9. The van der Waals surface area contributed by atoms with Crippen molar-refractivity contribution in [3.63, 3.8) is 0 Å². The molecule has 8 rings (SSSR count). The number of furan rings is 1. The van der Waals surface area contributed by atoms with Crippen LogP contribution in [0.15, 0.2) is 126 Å². The summed E-state index contributed by atoms with van der Waals surface area (Å²) >= 11 is 6.65. The number of hydrogen-bond acceptors (Lipinski definition) is 4. The molecule has 4 aromatic heterocycles. The molecule has 8 aromatic rings. The first-order chi connectivity index (χ1) is 19.7. The lowest BCUT2D eigenvalue weighted by molar-refractivity contribution is 0.612. The topological polar surface area (TPSA) is 55.9 Å². The number of fused-ring (bicyclic) bond motifs is 6. The molecule has 0 amide bonds. The average Bonchev–Trinajstić information content (AvgIpc) is 3.56. The number of halogens is 1. The van der Waals surface area contributed by atoms with E-state index in [4.69, 9.17) is 21.0 Å². The van der Waals surface area contributed by atoms with Gasteiger partial charge < -0.3 is 9.73 Å². The second-order valence-corrected chi connectivity index (χ2v) is 10.1. The van der Waals surface area contributed by atoms with Crippen LogP contribution < -0.4 is 5.32 Å². The van der Waals surface area contributed by atoms with Gasteiger partial charge in [0.1, 0.15) is 5.82 Å². The van der Waals surface area contributed by atoms with Gasteiger partial charge in [-0.3, -0.25) is 9.55 Å². The molecule has 0 saturated heterocycles. The molecular weight excluding hydrogens is 516 g/mol. The molecule has 0 unspecified atom stereocenters. The van der Waals surface area contributed by atoms with Gasteiger partial charge in [-0.15, -0.1) is 0 Å². The number of hydrogen-bond donors (Lipinski definition) is 1. The van der Waals surface area contributed by atoms with Crippen molar-refractivity contribution in [1.29, 1.82) is 0 Å². The minimum atomic E-state index is 0.603. The van der Waals surface area contributed by atoms with Crippen molar-refractivity contribution in [2.45, 2.75) is 0 Å². The maximum absolute atomic E-state index is 6.65. The van der Waals surface area contributed by atoms with Gasteiger partial charge in [0.2, 0.25) is 11.6 Å². The predicted octanol–water partition coefficient (Wildman–Crippen LogP) is 9.54. The molecule has 0 saturated carbocycles. The van der Waals surface area contributed by atoms with Gasteiger partial charge in [0.05, 0.1) is 27.1 Å². The summed E-state index contributed by atoms with van der Waals surface area (Å²) < 4.78 is 8.63. The molecule has 0 radical (unpaired) electrons. The molecule has 0 aliphatic heterocycles. The fourth-order valence-electron chi connectivity index (χ4n) is 5.53. The van der Waals surface area contributed by atoms with Crippen molar-refractivity contribution in [3.05, 3.63) is 127 Å². The highest BCUT2D eigenvalue weighted by Gasteiger charge is 2.21. The molecular formula is C34H21ClN4O. The van der Waals surface area contributed by atoms with Gasteiger partial charge in [0, 0.05) is 40.2 Å². The maximum atomic E-state index is 6.65. The van der Waals surface area contributed by atoms with Crippen molar-refractivity contribution >= 4 is 66.9 Å². The van der Waals surface area contributed by atoms with Crippen LogP contribution in [0.25, 0.3) is 60.6 Å². The van der Waals surface area contributed by atoms with Crippen LogP contribution in [0.5, 0.6) is 0 Å². The largest absolute Gasteiger partial charge is 0.423 e. The minimum Gasteiger partial charge on any atom is -0.423 e. The summed E-state index contributed by atoms with van der Waals surface area (Å²) in [7, 11) is 0. The van der Waals surface area contributed by atoms with E-state index in [9.17, 15) is 0 Å². The Balaban J connectivity index is 1.34. The van der Waals surface area contributed by atoms with E-state index < -0.39 is 0 Å². The fraction of sp³-hybridized carbons (Fsp3) is 0. The molecule has 4 heterocycles. The quantitative estimate of drug-likeness (QED) is 0.243. The molecule has 0 aliphatic carbocycles.